The summed E-state index contributed by atoms with van der Waals surface area (Å²) in [5.41, 5.74) is 0.466. The van der Waals surface area contributed by atoms with Crippen LogP contribution in [-0.2, 0) is 19.6 Å². The molecule has 0 saturated carbocycles. The predicted octanol–water partition coefficient (Wildman–Crippen LogP) is 2.64. The molecule has 2 aromatic rings. The summed E-state index contributed by atoms with van der Waals surface area (Å²) in [4.78, 5) is 45.3. The molecule has 0 radical (unpaired) electrons. The van der Waals surface area contributed by atoms with Crippen LogP contribution >= 0.6 is 0 Å². The number of carbonyl (C=O) groups excluding carboxylic acids is 2. The number of nitrogens with zero attached hydrogens (tertiary/aromatic N) is 5. The number of benzene rings is 1. The molecule has 2 bridgehead atoms. The van der Waals surface area contributed by atoms with Gasteiger partial charge in [0, 0.05) is 82.5 Å². The minimum Gasteiger partial charge on any atom is -0.404 e. The van der Waals surface area contributed by atoms with E-state index in [1.165, 1.54) is 4.31 Å². The SMILES string of the molecule is CC(C)n1c(=O)c(OC(=O)N[C@@H]2C[C@H]3CC[C@@H](C2)N3CCCS(=O)(=O)N(C)CCN2CCN(C(=O)C3CCCO3)CC2)cc2ccccc21. The summed E-state index contributed by atoms with van der Waals surface area (Å²) in [6.07, 6.45) is 4.92. The second kappa shape index (κ2) is 15.5. The average Bonchev–Trinajstić information content (AvgIpc) is 3.69. The molecule has 4 saturated heterocycles. The quantitative estimate of drug-likeness (QED) is 0.355. The number of pyridine rings is 1. The van der Waals surface area contributed by atoms with E-state index in [0.717, 1.165) is 62.5 Å². The third kappa shape index (κ3) is 8.30. The first-order valence-corrected chi connectivity index (χ1v) is 19.6. The predicted molar refractivity (Wildman–Crippen MR) is 187 cm³/mol. The van der Waals surface area contributed by atoms with E-state index in [1.54, 1.807) is 17.7 Å². The molecular weight excluding hydrogens is 648 g/mol. The van der Waals surface area contributed by atoms with E-state index in [4.69, 9.17) is 9.47 Å². The molecule has 0 aliphatic carbocycles. The summed E-state index contributed by atoms with van der Waals surface area (Å²) < 4.78 is 40.5. The van der Waals surface area contributed by atoms with E-state index in [2.05, 4.69) is 15.1 Å². The van der Waals surface area contributed by atoms with Gasteiger partial charge >= 0.3 is 6.09 Å². The maximum Gasteiger partial charge on any atom is 0.413 e. The third-order valence-electron chi connectivity index (χ3n) is 10.8. The molecule has 1 unspecified atom stereocenters. The van der Waals surface area contributed by atoms with E-state index in [0.29, 0.717) is 45.8 Å². The highest BCUT2D eigenvalue weighted by Crippen LogP contribution is 2.36. The van der Waals surface area contributed by atoms with Gasteiger partial charge in [0.2, 0.25) is 10.0 Å². The Morgan fingerprint density at radius 1 is 1.04 bits per heavy atom. The van der Waals surface area contributed by atoms with E-state index in [9.17, 15) is 22.8 Å². The molecule has 49 heavy (non-hydrogen) atoms. The number of hydrogen-bond donors (Lipinski definition) is 1. The highest BCUT2D eigenvalue weighted by molar-refractivity contribution is 7.89. The molecule has 0 spiro atoms. The Kier molecular flexibility index (Phi) is 11.3. The van der Waals surface area contributed by atoms with Gasteiger partial charge in [-0.05, 0) is 77.5 Å². The van der Waals surface area contributed by atoms with Crippen molar-refractivity contribution in [2.75, 3.05) is 65.2 Å². The van der Waals surface area contributed by atoms with Crippen LogP contribution < -0.4 is 15.6 Å². The molecule has 1 aromatic carbocycles. The van der Waals surface area contributed by atoms with E-state index in [-0.39, 0.29) is 53.2 Å². The van der Waals surface area contributed by atoms with E-state index in [1.807, 2.05) is 43.0 Å². The smallest absolute Gasteiger partial charge is 0.404 e. The van der Waals surface area contributed by atoms with Crippen molar-refractivity contribution in [1.29, 1.82) is 0 Å². The Labute approximate surface area is 289 Å². The van der Waals surface area contributed by atoms with Crippen LogP contribution in [-0.4, -0.2) is 133 Å². The van der Waals surface area contributed by atoms with Crippen LogP contribution in [0.5, 0.6) is 5.75 Å². The minimum atomic E-state index is -3.40. The zero-order valence-corrected chi connectivity index (χ0v) is 29.9. The van der Waals surface area contributed by atoms with Gasteiger partial charge in [0.05, 0.1) is 11.3 Å². The Balaban J connectivity index is 0.924. The lowest BCUT2D eigenvalue weighted by molar-refractivity contribution is -0.142. The average molecular weight is 701 g/mol. The Morgan fingerprint density at radius 2 is 1.76 bits per heavy atom. The van der Waals surface area contributed by atoms with Gasteiger partial charge in [-0.15, -0.1) is 0 Å². The van der Waals surface area contributed by atoms with Crippen molar-refractivity contribution in [2.24, 2.45) is 0 Å². The monoisotopic (exact) mass is 700 g/mol. The Hall–Kier alpha value is -3.04. The fraction of sp³-hybridized carbons (Fsp3) is 0.686. The van der Waals surface area contributed by atoms with Gasteiger partial charge in [-0.25, -0.2) is 17.5 Å². The summed E-state index contributed by atoms with van der Waals surface area (Å²) in [7, 11) is -1.74. The third-order valence-corrected chi connectivity index (χ3v) is 12.7. The van der Waals surface area contributed by atoms with Gasteiger partial charge in [0.1, 0.15) is 6.10 Å². The fourth-order valence-corrected chi connectivity index (χ4v) is 9.24. The van der Waals surface area contributed by atoms with Crippen molar-refractivity contribution in [2.45, 2.75) is 89.1 Å². The maximum atomic E-state index is 13.2. The molecule has 13 nitrogen and oxygen atoms in total. The maximum absolute atomic E-state index is 13.2. The van der Waals surface area contributed by atoms with Gasteiger partial charge in [-0.1, -0.05) is 18.2 Å². The largest absolute Gasteiger partial charge is 0.413 e. The molecule has 6 rings (SSSR count). The first-order chi connectivity index (χ1) is 23.5. The van der Waals surface area contributed by atoms with E-state index < -0.39 is 16.1 Å². The van der Waals surface area contributed by atoms with Gasteiger partial charge in [-0.2, -0.15) is 0 Å². The first-order valence-electron chi connectivity index (χ1n) is 18.0. The van der Waals surface area contributed by atoms with Crippen LogP contribution in [0, 0.1) is 0 Å². The number of likely N-dealkylation sites (N-methyl/N-ethyl adjacent to an activating group) is 1. The lowest BCUT2D eigenvalue weighted by Gasteiger charge is -2.39. The molecular formula is C35H52N6O7S. The van der Waals surface area contributed by atoms with Crippen molar-refractivity contribution in [3.63, 3.8) is 0 Å². The fourth-order valence-electron chi connectivity index (χ4n) is 8.07. The standard InChI is InChI=1S/C35H52N6O7S/c1-25(2)41-30-9-5-4-8-26(30)22-32(34(41)43)48-35(44)36-27-23-28-11-12-29(24-27)40(28)13-7-21-49(45,46)37(3)14-15-38-16-18-39(19-17-38)33(42)31-10-6-20-47-31/h4-5,8-9,22,25,27-29,31H,6-7,10-21,23-24H2,1-3H3,(H,36,44)/t27-,28-,29+,31?. The van der Waals surface area contributed by atoms with Crippen molar-refractivity contribution >= 4 is 32.9 Å². The van der Waals surface area contributed by atoms with Crippen molar-refractivity contribution in [3.05, 3.63) is 40.7 Å². The number of amides is 2. The van der Waals surface area contributed by atoms with Crippen LogP contribution in [0.2, 0.25) is 0 Å². The molecule has 5 heterocycles. The number of para-hydroxylation sites is 1. The highest BCUT2D eigenvalue weighted by Gasteiger charge is 2.41. The second-order valence-corrected chi connectivity index (χ2v) is 16.5. The number of hydrogen-bond acceptors (Lipinski definition) is 9. The lowest BCUT2D eigenvalue weighted by Crippen LogP contribution is -2.52. The number of aromatic nitrogens is 1. The molecule has 2 amide bonds. The van der Waals surface area contributed by atoms with Crippen LogP contribution in [0.1, 0.15) is 64.8 Å². The Morgan fingerprint density at radius 3 is 2.43 bits per heavy atom. The number of ether oxygens (including phenoxy) is 2. The summed E-state index contributed by atoms with van der Waals surface area (Å²) in [5.74, 6) is 0.195. The van der Waals surface area contributed by atoms with Crippen molar-refractivity contribution in [3.8, 4) is 5.75 Å². The normalized spacial score (nSPS) is 25.0. The number of fused-ring (bicyclic) bond motifs is 3. The minimum absolute atomic E-state index is 0.0145. The number of piperazine rings is 1. The van der Waals surface area contributed by atoms with Crippen LogP contribution in [0.3, 0.4) is 0 Å². The summed E-state index contributed by atoms with van der Waals surface area (Å²) in [6.45, 7) is 9.04. The van der Waals surface area contributed by atoms with Gasteiger partial charge in [-0.3, -0.25) is 19.4 Å². The molecule has 4 fully saturated rings. The van der Waals surface area contributed by atoms with Crippen LogP contribution in [0.4, 0.5) is 4.79 Å². The number of nitrogens with one attached hydrogen (secondary N) is 1. The van der Waals surface area contributed by atoms with Gasteiger partial charge in [0.15, 0.2) is 5.75 Å². The topological polar surface area (TPSA) is 134 Å². The van der Waals surface area contributed by atoms with E-state index >= 15 is 0 Å². The zero-order chi connectivity index (χ0) is 34.7. The summed E-state index contributed by atoms with van der Waals surface area (Å²) >= 11 is 0. The van der Waals surface area contributed by atoms with Gasteiger partial charge < -0.3 is 24.3 Å². The highest BCUT2D eigenvalue weighted by atomic mass is 32.2. The lowest BCUT2D eigenvalue weighted by atomic mass is 9.97. The number of sulfonamides is 1. The Bertz CT molecular complexity index is 1640. The van der Waals surface area contributed by atoms with Crippen LogP contribution in [0.25, 0.3) is 10.9 Å². The van der Waals surface area contributed by atoms with Gasteiger partial charge in [0.25, 0.3) is 11.5 Å². The first kappa shape index (κ1) is 35.8. The number of piperidine rings is 1. The molecule has 4 atom stereocenters. The molecule has 1 aromatic heterocycles. The molecule has 14 heteroatoms. The second-order valence-electron chi connectivity index (χ2n) is 14.3. The molecule has 270 valence electrons. The zero-order valence-electron chi connectivity index (χ0n) is 29.1. The molecule has 4 aliphatic rings. The summed E-state index contributed by atoms with van der Waals surface area (Å²) in [5, 5.41) is 3.83. The van der Waals surface area contributed by atoms with Crippen molar-refractivity contribution in [1.82, 2.24) is 28.9 Å². The number of rotatable bonds is 12. The van der Waals surface area contributed by atoms with Crippen molar-refractivity contribution < 1.29 is 27.5 Å². The van der Waals surface area contributed by atoms with Crippen LogP contribution in [0.15, 0.2) is 35.1 Å². The number of carbonyl (C=O) groups is 2. The molecule has 4 aliphatic heterocycles. The molecule has 1 N–H and O–H groups in total. The summed E-state index contributed by atoms with van der Waals surface area (Å²) in [6, 6.07) is 9.58.